The van der Waals surface area contributed by atoms with Crippen LogP contribution in [0, 0.1) is 0 Å². The van der Waals surface area contributed by atoms with Crippen LogP contribution in [0.25, 0.3) is 11.5 Å². The summed E-state index contributed by atoms with van der Waals surface area (Å²) < 4.78 is 5.24. The van der Waals surface area contributed by atoms with Gasteiger partial charge in [0.05, 0.1) is 0 Å². The first-order chi connectivity index (χ1) is 8.42. The standard InChI is InChI=1S/C13H10N2OS/c1-2-5-10(6-3-1)13-14-12(15-16-13)9-11-7-4-8-17-11/h1-8H,9H2. The summed E-state index contributed by atoms with van der Waals surface area (Å²) in [6.45, 7) is 0. The van der Waals surface area contributed by atoms with Crippen LogP contribution in [-0.2, 0) is 6.42 Å². The van der Waals surface area contributed by atoms with E-state index in [0.717, 1.165) is 17.8 Å². The van der Waals surface area contributed by atoms with Crippen molar-refractivity contribution < 1.29 is 4.52 Å². The van der Waals surface area contributed by atoms with E-state index in [4.69, 9.17) is 4.52 Å². The maximum absolute atomic E-state index is 5.24. The summed E-state index contributed by atoms with van der Waals surface area (Å²) in [6, 6.07) is 13.9. The lowest BCUT2D eigenvalue weighted by molar-refractivity contribution is 0.424. The Labute approximate surface area is 103 Å². The van der Waals surface area contributed by atoms with E-state index in [9.17, 15) is 0 Å². The zero-order chi connectivity index (χ0) is 11.5. The first kappa shape index (κ1) is 10.2. The average molecular weight is 242 g/mol. The van der Waals surface area contributed by atoms with Gasteiger partial charge in [0.1, 0.15) is 0 Å². The Morgan fingerprint density at radius 2 is 1.94 bits per heavy atom. The summed E-state index contributed by atoms with van der Waals surface area (Å²) in [5.41, 5.74) is 0.956. The molecule has 3 rings (SSSR count). The van der Waals surface area contributed by atoms with Crippen LogP contribution < -0.4 is 0 Å². The Hall–Kier alpha value is -1.94. The number of rotatable bonds is 3. The number of aromatic nitrogens is 2. The molecule has 0 N–H and O–H groups in total. The van der Waals surface area contributed by atoms with Crippen LogP contribution in [0.2, 0.25) is 0 Å². The minimum absolute atomic E-state index is 0.581. The summed E-state index contributed by atoms with van der Waals surface area (Å²) in [7, 11) is 0. The zero-order valence-electron chi connectivity index (χ0n) is 9.04. The minimum atomic E-state index is 0.581. The molecule has 84 valence electrons. The van der Waals surface area contributed by atoms with Gasteiger partial charge in [0.15, 0.2) is 5.82 Å². The smallest absolute Gasteiger partial charge is 0.257 e. The van der Waals surface area contributed by atoms with Gasteiger partial charge in [0.25, 0.3) is 5.89 Å². The van der Waals surface area contributed by atoms with Crippen LogP contribution in [0.4, 0.5) is 0 Å². The second kappa shape index (κ2) is 4.51. The van der Waals surface area contributed by atoms with Crippen molar-refractivity contribution in [2.45, 2.75) is 6.42 Å². The number of hydrogen-bond donors (Lipinski definition) is 0. The highest BCUT2D eigenvalue weighted by Gasteiger charge is 2.08. The normalized spacial score (nSPS) is 10.6. The van der Waals surface area contributed by atoms with E-state index in [2.05, 4.69) is 16.2 Å². The van der Waals surface area contributed by atoms with E-state index in [1.54, 1.807) is 11.3 Å². The van der Waals surface area contributed by atoms with Gasteiger partial charge in [-0.25, -0.2) is 0 Å². The Kier molecular flexibility index (Phi) is 2.71. The van der Waals surface area contributed by atoms with E-state index in [0.29, 0.717) is 5.89 Å². The predicted molar refractivity (Wildman–Crippen MR) is 66.9 cm³/mol. The SMILES string of the molecule is c1ccc(-c2nc(Cc3cccs3)no2)cc1. The van der Waals surface area contributed by atoms with Crippen molar-refractivity contribution in [3.05, 3.63) is 58.5 Å². The van der Waals surface area contributed by atoms with Crippen LogP contribution in [0.15, 0.2) is 52.4 Å². The van der Waals surface area contributed by atoms with Crippen LogP contribution in [0.3, 0.4) is 0 Å². The lowest BCUT2D eigenvalue weighted by Gasteiger charge is -1.90. The van der Waals surface area contributed by atoms with Gasteiger partial charge in [0.2, 0.25) is 0 Å². The third kappa shape index (κ3) is 2.26. The zero-order valence-corrected chi connectivity index (χ0v) is 9.85. The Balaban J connectivity index is 1.84. The van der Waals surface area contributed by atoms with E-state index < -0.39 is 0 Å². The van der Waals surface area contributed by atoms with Gasteiger partial charge in [-0.15, -0.1) is 11.3 Å². The van der Waals surface area contributed by atoms with Crippen molar-refractivity contribution in [2.24, 2.45) is 0 Å². The summed E-state index contributed by atoms with van der Waals surface area (Å²) in [6.07, 6.45) is 0.730. The van der Waals surface area contributed by atoms with E-state index >= 15 is 0 Å². The molecule has 0 fully saturated rings. The van der Waals surface area contributed by atoms with Gasteiger partial charge in [-0.05, 0) is 23.6 Å². The molecule has 0 radical (unpaired) electrons. The fraction of sp³-hybridized carbons (Fsp3) is 0.0769. The van der Waals surface area contributed by atoms with Crippen LogP contribution in [-0.4, -0.2) is 10.1 Å². The second-order valence-electron chi connectivity index (χ2n) is 3.64. The summed E-state index contributed by atoms with van der Waals surface area (Å²) in [5, 5.41) is 6.04. The largest absolute Gasteiger partial charge is 0.334 e. The third-order valence-corrected chi connectivity index (χ3v) is 3.28. The lowest BCUT2D eigenvalue weighted by atomic mass is 10.2. The number of nitrogens with zero attached hydrogens (tertiary/aromatic N) is 2. The molecule has 0 bridgehead atoms. The monoisotopic (exact) mass is 242 g/mol. The molecule has 4 heteroatoms. The van der Waals surface area contributed by atoms with Crippen molar-refractivity contribution in [2.75, 3.05) is 0 Å². The van der Waals surface area contributed by atoms with Crippen LogP contribution >= 0.6 is 11.3 Å². The Bertz CT molecular complexity index is 587. The Morgan fingerprint density at radius 3 is 2.71 bits per heavy atom. The quantitative estimate of drug-likeness (QED) is 0.706. The van der Waals surface area contributed by atoms with Gasteiger partial charge in [0, 0.05) is 16.9 Å². The minimum Gasteiger partial charge on any atom is -0.334 e. The highest BCUT2D eigenvalue weighted by Crippen LogP contribution is 2.18. The average Bonchev–Trinajstić information content (AvgIpc) is 3.02. The fourth-order valence-electron chi connectivity index (χ4n) is 1.59. The number of benzene rings is 1. The fourth-order valence-corrected chi connectivity index (χ4v) is 2.29. The molecule has 0 spiro atoms. The second-order valence-corrected chi connectivity index (χ2v) is 4.67. The molecule has 0 atom stereocenters. The Morgan fingerprint density at radius 1 is 1.06 bits per heavy atom. The molecule has 3 nitrogen and oxygen atoms in total. The van der Waals surface area contributed by atoms with Crippen LogP contribution in [0.1, 0.15) is 10.7 Å². The molecule has 3 aromatic rings. The first-order valence-electron chi connectivity index (χ1n) is 5.32. The van der Waals surface area contributed by atoms with E-state index in [-0.39, 0.29) is 0 Å². The van der Waals surface area contributed by atoms with E-state index in [1.807, 2.05) is 41.8 Å². The highest BCUT2D eigenvalue weighted by molar-refractivity contribution is 7.09. The molecule has 2 heterocycles. The van der Waals surface area contributed by atoms with Crippen molar-refractivity contribution in [3.63, 3.8) is 0 Å². The third-order valence-electron chi connectivity index (χ3n) is 2.40. The van der Waals surface area contributed by atoms with Gasteiger partial charge in [-0.1, -0.05) is 29.4 Å². The van der Waals surface area contributed by atoms with Gasteiger partial charge < -0.3 is 4.52 Å². The molecule has 0 aliphatic carbocycles. The van der Waals surface area contributed by atoms with Crippen molar-refractivity contribution in [1.82, 2.24) is 10.1 Å². The molecule has 2 aromatic heterocycles. The van der Waals surface area contributed by atoms with Crippen molar-refractivity contribution >= 4 is 11.3 Å². The van der Waals surface area contributed by atoms with Crippen LogP contribution in [0.5, 0.6) is 0 Å². The summed E-state index contributed by atoms with van der Waals surface area (Å²) in [5.74, 6) is 1.31. The molecular formula is C13H10N2OS. The highest BCUT2D eigenvalue weighted by atomic mass is 32.1. The van der Waals surface area contributed by atoms with Gasteiger partial charge >= 0.3 is 0 Å². The van der Waals surface area contributed by atoms with E-state index in [1.165, 1.54) is 4.88 Å². The van der Waals surface area contributed by atoms with Crippen molar-refractivity contribution in [1.29, 1.82) is 0 Å². The van der Waals surface area contributed by atoms with Gasteiger partial charge in [-0.3, -0.25) is 0 Å². The lowest BCUT2D eigenvalue weighted by Crippen LogP contribution is -1.87. The molecule has 0 unspecified atom stereocenters. The first-order valence-corrected chi connectivity index (χ1v) is 6.20. The molecule has 0 saturated heterocycles. The molecule has 1 aromatic carbocycles. The van der Waals surface area contributed by atoms with Gasteiger partial charge in [-0.2, -0.15) is 4.98 Å². The topological polar surface area (TPSA) is 38.9 Å². The summed E-state index contributed by atoms with van der Waals surface area (Å²) in [4.78, 5) is 5.63. The number of hydrogen-bond acceptors (Lipinski definition) is 4. The molecule has 0 aliphatic heterocycles. The molecule has 0 aliphatic rings. The summed E-state index contributed by atoms with van der Waals surface area (Å²) >= 11 is 1.70. The molecular weight excluding hydrogens is 232 g/mol. The molecule has 17 heavy (non-hydrogen) atoms. The molecule has 0 amide bonds. The predicted octanol–water partition coefficient (Wildman–Crippen LogP) is 3.39. The number of thiophene rings is 1. The maximum atomic E-state index is 5.24. The molecule has 0 saturated carbocycles. The van der Waals surface area contributed by atoms with Crippen molar-refractivity contribution in [3.8, 4) is 11.5 Å². The maximum Gasteiger partial charge on any atom is 0.257 e.